The first-order valence-electron chi connectivity index (χ1n) is 7.21. The van der Waals surface area contributed by atoms with Gasteiger partial charge in [0.1, 0.15) is 5.75 Å². The van der Waals surface area contributed by atoms with Crippen LogP contribution in [0.15, 0.2) is 29.1 Å². The summed E-state index contributed by atoms with van der Waals surface area (Å²) in [4.78, 5) is 18.9. The fourth-order valence-electron chi connectivity index (χ4n) is 2.22. The summed E-state index contributed by atoms with van der Waals surface area (Å²) >= 11 is 0. The van der Waals surface area contributed by atoms with E-state index in [-0.39, 0.29) is 12.2 Å². The highest BCUT2D eigenvalue weighted by Crippen LogP contribution is 2.11. The van der Waals surface area contributed by atoms with E-state index in [0.717, 1.165) is 12.2 Å². The lowest BCUT2D eigenvalue weighted by Crippen LogP contribution is -2.20. The summed E-state index contributed by atoms with van der Waals surface area (Å²) in [5.41, 5.74) is 2.14. The van der Waals surface area contributed by atoms with Gasteiger partial charge in [-0.1, -0.05) is 12.1 Å². The van der Waals surface area contributed by atoms with Gasteiger partial charge in [-0.15, -0.1) is 0 Å². The Hall–Kier alpha value is -2.34. The number of aliphatic hydroxyl groups excluding tert-OH is 1. The summed E-state index contributed by atoms with van der Waals surface area (Å²) in [5, 5.41) is 12.0. The molecule has 6 heteroatoms. The molecule has 0 aliphatic rings. The second kappa shape index (κ2) is 7.61. The molecule has 0 aliphatic carbocycles. The Balaban J connectivity index is 1.95. The van der Waals surface area contributed by atoms with Gasteiger partial charge in [0.15, 0.2) is 0 Å². The predicted molar refractivity (Wildman–Crippen MR) is 85.6 cm³/mol. The number of H-pyrrole nitrogens is 1. The lowest BCUT2D eigenvalue weighted by molar-refractivity contribution is 0.298. The number of hydrogen-bond acceptors (Lipinski definition) is 5. The van der Waals surface area contributed by atoms with E-state index in [4.69, 9.17) is 9.84 Å². The van der Waals surface area contributed by atoms with Crippen LogP contribution in [0, 0.1) is 6.92 Å². The zero-order chi connectivity index (χ0) is 15.9. The molecule has 22 heavy (non-hydrogen) atoms. The van der Waals surface area contributed by atoms with Gasteiger partial charge in [-0.05, 0) is 31.0 Å². The van der Waals surface area contributed by atoms with Crippen molar-refractivity contribution < 1.29 is 9.84 Å². The third kappa shape index (κ3) is 4.08. The molecular weight excluding hydrogens is 282 g/mol. The molecule has 1 aromatic heterocycles. The lowest BCUT2D eigenvalue weighted by Gasteiger charge is -2.09. The minimum atomic E-state index is -0.200. The van der Waals surface area contributed by atoms with Crippen molar-refractivity contribution in [1.82, 2.24) is 9.97 Å². The number of ether oxygens (including phenoxy) is 1. The highest BCUT2D eigenvalue weighted by atomic mass is 16.5. The van der Waals surface area contributed by atoms with Crippen molar-refractivity contribution in [3.63, 3.8) is 0 Å². The summed E-state index contributed by atoms with van der Waals surface area (Å²) in [5.74, 6) is 1.29. The normalized spacial score (nSPS) is 10.5. The Morgan fingerprint density at radius 2 is 2.00 bits per heavy atom. The summed E-state index contributed by atoms with van der Waals surface area (Å²) in [7, 11) is 1.64. The molecule has 0 saturated carbocycles. The van der Waals surface area contributed by atoms with Gasteiger partial charge in [0.25, 0.3) is 5.56 Å². The van der Waals surface area contributed by atoms with Gasteiger partial charge in [-0.25, -0.2) is 4.98 Å². The number of aryl methyl sites for hydroxylation is 1. The van der Waals surface area contributed by atoms with Gasteiger partial charge in [0.05, 0.1) is 12.8 Å². The van der Waals surface area contributed by atoms with Crippen LogP contribution >= 0.6 is 0 Å². The maximum absolute atomic E-state index is 11.9. The number of hydrogen-bond donors (Lipinski definition) is 3. The minimum absolute atomic E-state index is 0.0597. The molecule has 3 N–H and O–H groups in total. The molecule has 2 rings (SSSR count). The topological polar surface area (TPSA) is 87.2 Å². The third-order valence-electron chi connectivity index (χ3n) is 3.45. The highest BCUT2D eigenvalue weighted by molar-refractivity contribution is 5.31. The fraction of sp³-hybridized carbons (Fsp3) is 0.375. The average Bonchev–Trinajstić information content (AvgIpc) is 2.51. The third-order valence-corrected chi connectivity index (χ3v) is 3.45. The number of aromatic nitrogens is 2. The van der Waals surface area contributed by atoms with Crippen molar-refractivity contribution in [2.45, 2.75) is 19.8 Å². The average molecular weight is 303 g/mol. The summed E-state index contributed by atoms with van der Waals surface area (Å²) in [6, 6.07) is 7.85. The van der Waals surface area contributed by atoms with Crippen molar-refractivity contribution in [1.29, 1.82) is 0 Å². The molecule has 0 unspecified atom stereocenters. The first-order chi connectivity index (χ1) is 10.6. The predicted octanol–water partition coefficient (Wildman–Crippen LogP) is 1.28. The van der Waals surface area contributed by atoms with Crippen LogP contribution in [0.25, 0.3) is 0 Å². The van der Waals surface area contributed by atoms with E-state index in [1.54, 1.807) is 14.0 Å². The Bertz CT molecular complexity index is 665. The maximum Gasteiger partial charge on any atom is 0.255 e. The molecule has 0 radical (unpaired) electrons. The molecule has 0 aliphatic heterocycles. The Morgan fingerprint density at radius 3 is 2.59 bits per heavy atom. The summed E-state index contributed by atoms with van der Waals surface area (Å²) < 4.78 is 5.12. The molecule has 0 amide bonds. The molecule has 2 aromatic rings. The van der Waals surface area contributed by atoms with Crippen LogP contribution < -0.4 is 15.6 Å². The Labute approximate surface area is 129 Å². The molecule has 0 bridgehead atoms. The summed E-state index contributed by atoms with van der Waals surface area (Å²) in [6.07, 6.45) is 1.13. The number of rotatable bonds is 7. The van der Waals surface area contributed by atoms with Crippen molar-refractivity contribution in [3.8, 4) is 5.75 Å². The van der Waals surface area contributed by atoms with Crippen molar-refractivity contribution in [2.24, 2.45) is 0 Å². The smallest absolute Gasteiger partial charge is 0.255 e. The van der Waals surface area contributed by atoms with E-state index in [9.17, 15) is 4.79 Å². The number of methoxy groups -OCH3 is 1. The van der Waals surface area contributed by atoms with Crippen LogP contribution in [0.3, 0.4) is 0 Å². The van der Waals surface area contributed by atoms with E-state index < -0.39 is 0 Å². The van der Waals surface area contributed by atoms with Gasteiger partial charge >= 0.3 is 0 Å². The van der Waals surface area contributed by atoms with Gasteiger partial charge in [0, 0.05) is 25.1 Å². The van der Waals surface area contributed by atoms with Gasteiger partial charge in [0.2, 0.25) is 5.95 Å². The van der Waals surface area contributed by atoms with E-state index >= 15 is 0 Å². The molecule has 6 nitrogen and oxygen atoms in total. The maximum atomic E-state index is 11.9. The highest BCUT2D eigenvalue weighted by Gasteiger charge is 2.07. The monoisotopic (exact) mass is 303 g/mol. The second-order valence-electron chi connectivity index (χ2n) is 4.98. The Morgan fingerprint density at radius 1 is 1.27 bits per heavy atom. The lowest BCUT2D eigenvalue weighted by atomic mass is 10.1. The van der Waals surface area contributed by atoms with Crippen LogP contribution in [-0.4, -0.2) is 35.3 Å². The van der Waals surface area contributed by atoms with Crippen molar-refractivity contribution in [2.75, 3.05) is 25.6 Å². The molecular formula is C16H21N3O3. The largest absolute Gasteiger partial charge is 0.497 e. The number of benzene rings is 1. The number of nitrogens with one attached hydrogen (secondary N) is 2. The van der Waals surface area contributed by atoms with Gasteiger partial charge in [-0.2, -0.15) is 0 Å². The van der Waals surface area contributed by atoms with E-state index in [1.165, 1.54) is 5.56 Å². The zero-order valence-corrected chi connectivity index (χ0v) is 12.8. The molecule has 0 fully saturated rings. The van der Waals surface area contributed by atoms with E-state index in [1.807, 2.05) is 24.3 Å². The molecule has 1 aromatic carbocycles. The first-order valence-corrected chi connectivity index (χ1v) is 7.21. The number of nitrogens with zero attached hydrogens (tertiary/aromatic N) is 1. The van der Waals surface area contributed by atoms with Crippen LogP contribution in [0.2, 0.25) is 0 Å². The number of aromatic amines is 1. The molecule has 118 valence electrons. The summed E-state index contributed by atoms with van der Waals surface area (Å²) in [6.45, 7) is 2.37. The standard InChI is InChI=1S/C16H21N3O3/c1-11-14(8-10-20)15(21)19-16(18-11)17-9-7-12-3-5-13(22-2)6-4-12/h3-6,20H,7-10H2,1-2H3,(H2,17,18,19,21). The SMILES string of the molecule is COc1ccc(CCNc2nc(C)c(CCO)c(=O)[nH]2)cc1. The van der Waals surface area contributed by atoms with E-state index in [0.29, 0.717) is 30.2 Å². The molecule has 0 saturated heterocycles. The molecule has 0 spiro atoms. The first kappa shape index (κ1) is 16.0. The van der Waals surface area contributed by atoms with Crippen LogP contribution in [-0.2, 0) is 12.8 Å². The van der Waals surface area contributed by atoms with E-state index in [2.05, 4.69) is 15.3 Å². The zero-order valence-electron chi connectivity index (χ0n) is 12.8. The van der Waals surface area contributed by atoms with Crippen molar-refractivity contribution >= 4 is 5.95 Å². The van der Waals surface area contributed by atoms with Crippen LogP contribution in [0.5, 0.6) is 5.75 Å². The van der Waals surface area contributed by atoms with Gasteiger partial charge in [-0.3, -0.25) is 9.78 Å². The molecule has 0 atom stereocenters. The fourth-order valence-corrected chi connectivity index (χ4v) is 2.22. The van der Waals surface area contributed by atoms with Gasteiger partial charge < -0.3 is 15.2 Å². The second-order valence-corrected chi connectivity index (χ2v) is 4.98. The number of anilines is 1. The Kier molecular flexibility index (Phi) is 5.55. The van der Waals surface area contributed by atoms with Crippen LogP contribution in [0.1, 0.15) is 16.8 Å². The number of aliphatic hydroxyl groups is 1. The van der Waals surface area contributed by atoms with Crippen LogP contribution in [0.4, 0.5) is 5.95 Å². The quantitative estimate of drug-likeness (QED) is 0.717. The minimum Gasteiger partial charge on any atom is -0.497 e. The molecule has 1 heterocycles. The van der Waals surface area contributed by atoms with Crippen molar-refractivity contribution in [3.05, 3.63) is 51.4 Å².